The molecule has 1 aromatic carbocycles. The summed E-state index contributed by atoms with van der Waals surface area (Å²) >= 11 is 0. The molecule has 4 rings (SSSR count). The minimum atomic E-state index is -0.222. The van der Waals surface area contributed by atoms with Crippen molar-refractivity contribution in [3.8, 4) is 0 Å². The van der Waals surface area contributed by atoms with Crippen LogP contribution in [0.25, 0.3) is 5.78 Å². The van der Waals surface area contributed by atoms with Gasteiger partial charge in [-0.2, -0.15) is 0 Å². The zero-order valence-corrected chi connectivity index (χ0v) is 12.2. The number of nitrogens with one attached hydrogen (secondary N) is 1. The van der Waals surface area contributed by atoms with Gasteiger partial charge in [0.05, 0.1) is 6.04 Å². The third-order valence-electron chi connectivity index (χ3n) is 4.06. The first kappa shape index (κ1) is 12.9. The second-order valence-corrected chi connectivity index (χ2v) is 5.53. The molecule has 0 saturated heterocycles. The largest absolute Gasteiger partial charge is 0.342 e. The summed E-state index contributed by atoms with van der Waals surface area (Å²) in [4.78, 5) is 16.8. The summed E-state index contributed by atoms with van der Waals surface area (Å²) in [5, 5.41) is 11.0. The Kier molecular flexibility index (Phi) is 2.89. The molecule has 2 aromatic heterocycles. The van der Waals surface area contributed by atoms with Crippen molar-refractivity contribution in [2.24, 2.45) is 0 Å². The Morgan fingerprint density at radius 1 is 1.27 bits per heavy atom. The van der Waals surface area contributed by atoms with Crippen LogP contribution in [0.15, 0.2) is 36.5 Å². The van der Waals surface area contributed by atoms with Crippen LogP contribution in [0.3, 0.4) is 0 Å². The fourth-order valence-corrected chi connectivity index (χ4v) is 2.96. The van der Waals surface area contributed by atoms with Crippen molar-refractivity contribution < 1.29 is 4.79 Å². The van der Waals surface area contributed by atoms with Gasteiger partial charge in [0.1, 0.15) is 0 Å². The van der Waals surface area contributed by atoms with Gasteiger partial charge in [0.2, 0.25) is 5.82 Å². The third-order valence-corrected chi connectivity index (χ3v) is 4.06. The summed E-state index contributed by atoms with van der Waals surface area (Å²) in [7, 11) is 0. The summed E-state index contributed by atoms with van der Waals surface area (Å²) in [6.07, 6.45) is 3.68. The first-order valence-electron chi connectivity index (χ1n) is 7.29. The molecule has 1 unspecified atom stereocenters. The van der Waals surface area contributed by atoms with Crippen LogP contribution >= 0.6 is 0 Å². The highest BCUT2D eigenvalue weighted by Crippen LogP contribution is 2.30. The number of carbonyl (C=O) groups is 1. The monoisotopic (exact) mass is 293 g/mol. The van der Waals surface area contributed by atoms with Crippen LogP contribution in [0.5, 0.6) is 0 Å². The average molecular weight is 293 g/mol. The number of rotatable bonds is 2. The molecule has 1 aliphatic carbocycles. The molecule has 6 nitrogen and oxygen atoms in total. The van der Waals surface area contributed by atoms with E-state index in [4.69, 9.17) is 0 Å². The lowest BCUT2D eigenvalue weighted by atomic mass is 10.1. The van der Waals surface area contributed by atoms with Crippen molar-refractivity contribution in [3.63, 3.8) is 0 Å². The van der Waals surface area contributed by atoms with Crippen LogP contribution in [-0.2, 0) is 6.42 Å². The highest BCUT2D eigenvalue weighted by molar-refractivity contribution is 5.91. The second-order valence-electron chi connectivity index (χ2n) is 5.53. The minimum absolute atomic E-state index is 0.0365. The van der Waals surface area contributed by atoms with Gasteiger partial charge in [-0.05, 0) is 37.0 Å². The first-order chi connectivity index (χ1) is 10.7. The molecule has 1 aliphatic rings. The minimum Gasteiger partial charge on any atom is -0.342 e. The molecular weight excluding hydrogens is 278 g/mol. The predicted molar refractivity (Wildman–Crippen MR) is 80.5 cm³/mol. The van der Waals surface area contributed by atoms with Crippen LogP contribution < -0.4 is 5.32 Å². The van der Waals surface area contributed by atoms with Crippen LogP contribution in [-0.4, -0.2) is 25.5 Å². The Morgan fingerprint density at radius 2 is 2.14 bits per heavy atom. The van der Waals surface area contributed by atoms with Gasteiger partial charge in [0.25, 0.3) is 11.7 Å². The molecule has 0 saturated carbocycles. The van der Waals surface area contributed by atoms with E-state index in [1.165, 1.54) is 11.1 Å². The quantitative estimate of drug-likeness (QED) is 0.782. The van der Waals surface area contributed by atoms with Crippen molar-refractivity contribution in [2.75, 3.05) is 0 Å². The van der Waals surface area contributed by atoms with Gasteiger partial charge in [-0.25, -0.2) is 4.98 Å². The van der Waals surface area contributed by atoms with Gasteiger partial charge in [0, 0.05) is 11.9 Å². The average Bonchev–Trinajstić information content (AvgIpc) is 3.11. The van der Waals surface area contributed by atoms with Gasteiger partial charge < -0.3 is 5.32 Å². The summed E-state index contributed by atoms with van der Waals surface area (Å²) < 4.78 is 1.61. The van der Waals surface area contributed by atoms with E-state index in [-0.39, 0.29) is 17.8 Å². The number of hydrogen-bond donors (Lipinski definition) is 1. The molecule has 0 fully saturated rings. The van der Waals surface area contributed by atoms with Crippen LogP contribution in [0, 0.1) is 6.92 Å². The molecule has 0 aliphatic heterocycles. The highest BCUT2D eigenvalue weighted by atomic mass is 16.2. The molecule has 0 bridgehead atoms. The van der Waals surface area contributed by atoms with Crippen molar-refractivity contribution >= 4 is 11.7 Å². The summed E-state index contributed by atoms with van der Waals surface area (Å²) in [6, 6.07) is 10.1. The number of nitrogens with zero attached hydrogens (tertiary/aromatic N) is 4. The topological polar surface area (TPSA) is 72.2 Å². The van der Waals surface area contributed by atoms with E-state index in [2.05, 4.69) is 32.6 Å². The maximum Gasteiger partial charge on any atom is 0.290 e. The van der Waals surface area contributed by atoms with Crippen molar-refractivity contribution in [3.05, 3.63) is 59.2 Å². The van der Waals surface area contributed by atoms with E-state index < -0.39 is 0 Å². The van der Waals surface area contributed by atoms with E-state index in [0.717, 1.165) is 18.5 Å². The fourth-order valence-electron chi connectivity index (χ4n) is 2.96. The van der Waals surface area contributed by atoms with Crippen molar-refractivity contribution in [1.82, 2.24) is 24.9 Å². The lowest BCUT2D eigenvalue weighted by Gasteiger charge is -2.13. The van der Waals surface area contributed by atoms with E-state index >= 15 is 0 Å². The van der Waals surface area contributed by atoms with E-state index in [1.54, 1.807) is 10.6 Å². The molecule has 110 valence electrons. The smallest absolute Gasteiger partial charge is 0.290 e. The standard InChI is InChI=1S/C16H15N5O/c1-10-8-9-21-14(19-20-16(21)17-10)15(22)18-13-7-6-11-4-2-3-5-12(11)13/h2-5,8-9,13H,6-7H2,1H3,(H,18,22). The van der Waals surface area contributed by atoms with Crippen molar-refractivity contribution in [2.45, 2.75) is 25.8 Å². The lowest BCUT2D eigenvalue weighted by molar-refractivity contribution is 0.0925. The molecule has 2 heterocycles. The lowest BCUT2D eigenvalue weighted by Crippen LogP contribution is -2.28. The van der Waals surface area contributed by atoms with Gasteiger partial charge in [-0.1, -0.05) is 24.3 Å². The number of fused-ring (bicyclic) bond motifs is 2. The van der Waals surface area contributed by atoms with E-state index in [0.29, 0.717) is 5.78 Å². The van der Waals surface area contributed by atoms with Gasteiger partial charge in [-0.15, -0.1) is 10.2 Å². The number of amides is 1. The van der Waals surface area contributed by atoms with Crippen molar-refractivity contribution in [1.29, 1.82) is 0 Å². The van der Waals surface area contributed by atoms with Crippen LogP contribution in [0.2, 0.25) is 0 Å². The van der Waals surface area contributed by atoms with Crippen LogP contribution in [0.4, 0.5) is 0 Å². The molecule has 3 aromatic rings. The zero-order valence-electron chi connectivity index (χ0n) is 12.2. The predicted octanol–water partition coefficient (Wildman–Crippen LogP) is 1.85. The Balaban J connectivity index is 1.62. The van der Waals surface area contributed by atoms with E-state index in [1.807, 2.05) is 25.1 Å². The molecule has 22 heavy (non-hydrogen) atoms. The fraction of sp³-hybridized carbons (Fsp3) is 0.250. The maximum absolute atomic E-state index is 12.5. The van der Waals surface area contributed by atoms with Gasteiger partial charge in [0.15, 0.2) is 0 Å². The number of aryl methyl sites for hydroxylation is 2. The first-order valence-corrected chi connectivity index (χ1v) is 7.29. The number of carbonyl (C=O) groups excluding carboxylic acids is 1. The van der Waals surface area contributed by atoms with Crippen LogP contribution in [0.1, 0.15) is 39.9 Å². The maximum atomic E-state index is 12.5. The summed E-state index contributed by atoms with van der Waals surface area (Å²) in [5.74, 6) is 0.490. The van der Waals surface area contributed by atoms with Gasteiger partial charge in [-0.3, -0.25) is 9.20 Å². The Labute approximate surface area is 127 Å². The highest BCUT2D eigenvalue weighted by Gasteiger charge is 2.25. The Morgan fingerprint density at radius 3 is 3.05 bits per heavy atom. The number of hydrogen-bond acceptors (Lipinski definition) is 4. The SMILES string of the molecule is Cc1ccn2c(C(=O)NC3CCc4ccccc43)nnc2n1. The van der Waals surface area contributed by atoms with E-state index in [9.17, 15) is 4.79 Å². The number of aromatic nitrogens is 4. The molecule has 0 spiro atoms. The zero-order chi connectivity index (χ0) is 15.1. The molecule has 1 N–H and O–H groups in total. The summed E-state index contributed by atoms with van der Waals surface area (Å²) in [6.45, 7) is 1.88. The second kappa shape index (κ2) is 4.91. The third kappa shape index (κ3) is 2.04. The Bertz CT molecular complexity index is 870. The Hall–Kier alpha value is -2.76. The molecule has 0 radical (unpaired) electrons. The normalized spacial score (nSPS) is 16.7. The molecule has 1 amide bonds. The molecule has 6 heteroatoms. The van der Waals surface area contributed by atoms with Gasteiger partial charge >= 0.3 is 0 Å². The number of benzene rings is 1. The summed E-state index contributed by atoms with van der Waals surface area (Å²) in [5.41, 5.74) is 3.34. The molecule has 1 atom stereocenters. The molecular formula is C16H15N5O.